The van der Waals surface area contributed by atoms with E-state index in [1.165, 1.54) is 12.1 Å². The van der Waals surface area contributed by atoms with Crippen molar-refractivity contribution in [2.24, 2.45) is 0 Å². The minimum atomic E-state index is -4.58. The number of alkyl halides is 3. The van der Waals surface area contributed by atoms with Crippen LogP contribution in [0.15, 0.2) is 48.5 Å². The van der Waals surface area contributed by atoms with Gasteiger partial charge in [0.2, 0.25) is 0 Å². The molecule has 0 unspecified atom stereocenters. The van der Waals surface area contributed by atoms with E-state index in [1.54, 1.807) is 6.92 Å². The summed E-state index contributed by atoms with van der Waals surface area (Å²) in [6, 6.07) is 14.1. The third-order valence-corrected chi connectivity index (χ3v) is 3.00. The van der Waals surface area contributed by atoms with Crippen molar-refractivity contribution < 1.29 is 17.9 Å². The molecule has 5 heteroatoms. The molecule has 2 nitrogen and oxygen atoms in total. The van der Waals surface area contributed by atoms with Crippen LogP contribution in [0.2, 0.25) is 0 Å². The molecule has 21 heavy (non-hydrogen) atoms. The van der Waals surface area contributed by atoms with E-state index in [4.69, 9.17) is 10.00 Å². The molecule has 0 spiro atoms. The number of nitriles is 1. The van der Waals surface area contributed by atoms with Crippen LogP contribution in [0.25, 0.3) is 0 Å². The van der Waals surface area contributed by atoms with Gasteiger partial charge in [0.25, 0.3) is 0 Å². The summed E-state index contributed by atoms with van der Waals surface area (Å²) in [4.78, 5) is 0. The first-order chi connectivity index (χ1) is 9.91. The molecule has 0 aliphatic rings. The number of rotatable bonds is 3. The fourth-order valence-corrected chi connectivity index (χ4v) is 1.92. The van der Waals surface area contributed by atoms with Gasteiger partial charge in [0.05, 0.1) is 17.2 Å². The van der Waals surface area contributed by atoms with Gasteiger partial charge < -0.3 is 4.74 Å². The van der Waals surface area contributed by atoms with E-state index >= 15 is 0 Å². The van der Waals surface area contributed by atoms with Crippen molar-refractivity contribution in [1.29, 1.82) is 5.26 Å². The number of hydrogen-bond acceptors (Lipinski definition) is 2. The van der Waals surface area contributed by atoms with Crippen LogP contribution in [0, 0.1) is 11.3 Å². The summed E-state index contributed by atoms with van der Waals surface area (Å²) < 4.78 is 44.1. The lowest BCUT2D eigenvalue weighted by Crippen LogP contribution is -2.09. The summed E-state index contributed by atoms with van der Waals surface area (Å²) in [5.74, 6) is 0.0812. The molecule has 1 atom stereocenters. The van der Waals surface area contributed by atoms with E-state index in [2.05, 4.69) is 0 Å². The molecule has 0 saturated heterocycles. The third-order valence-electron chi connectivity index (χ3n) is 3.00. The van der Waals surface area contributed by atoms with E-state index in [0.29, 0.717) is 0 Å². The monoisotopic (exact) mass is 291 g/mol. The van der Waals surface area contributed by atoms with Crippen LogP contribution in [-0.2, 0) is 6.18 Å². The molecule has 0 fully saturated rings. The first kappa shape index (κ1) is 14.9. The summed E-state index contributed by atoms with van der Waals surface area (Å²) >= 11 is 0. The maximum atomic E-state index is 12.9. The normalized spacial score (nSPS) is 12.5. The molecule has 108 valence electrons. The summed E-state index contributed by atoms with van der Waals surface area (Å²) in [5, 5.41) is 8.74. The minimum Gasteiger partial charge on any atom is -0.486 e. The van der Waals surface area contributed by atoms with Crippen LogP contribution in [-0.4, -0.2) is 0 Å². The predicted octanol–water partition coefficient (Wildman–Crippen LogP) is 4.72. The second-order valence-corrected chi connectivity index (χ2v) is 4.49. The average molecular weight is 291 g/mol. The molecule has 0 aliphatic carbocycles. The molecular formula is C16H12F3NO. The Labute approximate surface area is 120 Å². The highest BCUT2D eigenvalue weighted by Gasteiger charge is 2.34. The largest absolute Gasteiger partial charge is 0.486 e. The maximum Gasteiger partial charge on any atom is 0.417 e. The van der Waals surface area contributed by atoms with Gasteiger partial charge >= 0.3 is 6.18 Å². The van der Waals surface area contributed by atoms with Crippen LogP contribution in [0.5, 0.6) is 5.75 Å². The SMILES string of the molecule is C[C@H](Oc1ccc(C#N)c(C(F)(F)F)c1)c1ccccc1. The minimum absolute atomic E-state index is 0.0812. The fraction of sp³-hybridized carbons (Fsp3) is 0.188. The van der Waals surface area contributed by atoms with Gasteiger partial charge in [-0.25, -0.2) is 0 Å². The van der Waals surface area contributed by atoms with Crippen LogP contribution >= 0.6 is 0 Å². The quantitative estimate of drug-likeness (QED) is 0.820. The van der Waals surface area contributed by atoms with Crippen LogP contribution < -0.4 is 4.74 Å². The Kier molecular flexibility index (Phi) is 4.18. The van der Waals surface area contributed by atoms with Gasteiger partial charge in [-0.3, -0.25) is 0 Å². The standard InChI is InChI=1S/C16H12F3NO/c1-11(12-5-3-2-4-6-12)21-14-8-7-13(10-20)15(9-14)16(17,18)19/h2-9,11H,1H3/t11-/m0/s1. The number of ether oxygens (including phenoxy) is 1. The number of benzene rings is 2. The van der Waals surface area contributed by atoms with E-state index < -0.39 is 17.3 Å². The van der Waals surface area contributed by atoms with Gasteiger partial charge in [0.1, 0.15) is 11.9 Å². The molecule has 0 N–H and O–H groups in total. The Morgan fingerprint density at radius 3 is 2.33 bits per heavy atom. The summed E-state index contributed by atoms with van der Waals surface area (Å²) in [7, 11) is 0. The van der Waals surface area contributed by atoms with Crippen molar-refractivity contribution in [3.63, 3.8) is 0 Å². The first-order valence-electron chi connectivity index (χ1n) is 6.25. The van der Waals surface area contributed by atoms with Gasteiger partial charge in [-0.15, -0.1) is 0 Å². The lowest BCUT2D eigenvalue weighted by atomic mass is 10.1. The van der Waals surface area contributed by atoms with Crippen molar-refractivity contribution in [2.75, 3.05) is 0 Å². The second-order valence-electron chi connectivity index (χ2n) is 4.49. The molecule has 2 aromatic rings. The molecule has 0 saturated carbocycles. The van der Waals surface area contributed by atoms with Crippen molar-refractivity contribution in [3.8, 4) is 11.8 Å². The average Bonchev–Trinajstić information content (AvgIpc) is 2.47. The Bertz CT molecular complexity index is 659. The number of halogens is 3. The van der Waals surface area contributed by atoms with Crippen LogP contribution in [0.1, 0.15) is 29.7 Å². The second kappa shape index (κ2) is 5.88. The van der Waals surface area contributed by atoms with Gasteiger partial charge in [0.15, 0.2) is 0 Å². The molecule has 0 aromatic heterocycles. The number of nitrogens with zero attached hydrogens (tertiary/aromatic N) is 1. The highest BCUT2D eigenvalue weighted by Crippen LogP contribution is 2.35. The van der Waals surface area contributed by atoms with E-state index in [9.17, 15) is 13.2 Å². The van der Waals surface area contributed by atoms with Gasteiger partial charge in [-0.05, 0) is 30.7 Å². The molecular weight excluding hydrogens is 279 g/mol. The topological polar surface area (TPSA) is 33.0 Å². The highest BCUT2D eigenvalue weighted by atomic mass is 19.4. The first-order valence-corrected chi connectivity index (χ1v) is 6.25. The Morgan fingerprint density at radius 1 is 1.10 bits per heavy atom. The maximum absolute atomic E-state index is 12.9. The smallest absolute Gasteiger partial charge is 0.417 e. The van der Waals surface area contributed by atoms with Gasteiger partial charge in [0, 0.05) is 0 Å². The molecule has 0 aliphatic heterocycles. The molecule has 0 bridgehead atoms. The summed E-state index contributed by atoms with van der Waals surface area (Å²) in [6.45, 7) is 1.75. The van der Waals surface area contributed by atoms with Gasteiger partial charge in [-0.2, -0.15) is 18.4 Å². The van der Waals surface area contributed by atoms with Crippen molar-refractivity contribution >= 4 is 0 Å². The predicted molar refractivity (Wildman–Crippen MR) is 71.6 cm³/mol. The molecule has 0 radical (unpaired) electrons. The fourth-order valence-electron chi connectivity index (χ4n) is 1.92. The zero-order valence-electron chi connectivity index (χ0n) is 11.2. The summed E-state index contributed by atoms with van der Waals surface area (Å²) in [6.07, 6.45) is -4.97. The number of hydrogen-bond donors (Lipinski definition) is 0. The van der Waals surface area contributed by atoms with Crippen LogP contribution in [0.4, 0.5) is 13.2 Å². The van der Waals surface area contributed by atoms with E-state index in [0.717, 1.165) is 17.7 Å². The Morgan fingerprint density at radius 2 is 1.76 bits per heavy atom. The zero-order valence-corrected chi connectivity index (χ0v) is 11.2. The molecule has 2 rings (SSSR count). The Hall–Kier alpha value is -2.48. The van der Waals surface area contributed by atoms with E-state index in [-0.39, 0.29) is 11.9 Å². The zero-order chi connectivity index (χ0) is 15.5. The lowest BCUT2D eigenvalue weighted by Gasteiger charge is -2.17. The van der Waals surface area contributed by atoms with Crippen molar-refractivity contribution in [2.45, 2.75) is 19.2 Å². The van der Waals surface area contributed by atoms with Gasteiger partial charge in [-0.1, -0.05) is 30.3 Å². The lowest BCUT2D eigenvalue weighted by molar-refractivity contribution is -0.137. The van der Waals surface area contributed by atoms with E-state index in [1.807, 2.05) is 30.3 Å². The molecule has 2 aromatic carbocycles. The summed E-state index contributed by atoms with van der Waals surface area (Å²) in [5.41, 5.74) is -0.541. The van der Waals surface area contributed by atoms with Crippen molar-refractivity contribution in [3.05, 3.63) is 65.2 Å². The third kappa shape index (κ3) is 3.54. The Balaban J connectivity index is 2.28. The highest BCUT2D eigenvalue weighted by molar-refractivity contribution is 5.44. The van der Waals surface area contributed by atoms with Crippen molar-refractivity contribution in [1.82, 2.24) is 0 Å². The molecule has 0 heterocycles. The molecule has 0 amide bonds. The van der Waals surface area contributed by atoms with Crippen LogP contribution in [0.3, 0.4) is 0 Å².